The van der Waals surface area contributed by atoms with Crippen LogP contribution in [0.25, 0.3) is 0 Å². The summed E-state index contributed by atoms with van der Waals surface area (Å²) in [5.74, 6) is 1.17. The molecule has 2 fully saturated rings. The first-order valence-electron chi connectivity index (χ1n) is 9.41. The van der Waals surface area contributed by atoms with E-state index in [2.05, 4.69) is 5.32 Å². The van der Waals surface area contributed by atoms with Gasteiger partial charge in [0.2, 0.25) is 11.8 Å². The third-order valence-corrected chi connectivity index (χ3v) is 5.50. The van der Waals surface area contributed by atoms with Crippen LogP contribution in [0.5, 0.6) is 5.75 Å². The first kappa shape index (κ1) is 17.8. The monoisotopic (exact) mass is 344 g/mol. The molecule has 0 atom stereocenters. The number of ether oxygens (including phenoxy) is 1. The number of anilines is 1. The highest BCUT2D eigenvalue weighted by atomic mass is 16.5. The van der Waals surface area contributed by atoms with Crippen molar-refractivity contribution in [1.82, 2.24) is 4.90 Å². The topological polar surface area (TPSA) is 58.6 Å². The highest BCUT2D eigenvalue weighted by Crippen LogP contribution is 2.29. The van der Waals surface area contributed by atoms with E-state index < -0.39 is 0 Å². The number of hydrogen-bond donors (Lipinski definition) is 1. The van der Waals surface area contributed by atoms with Gasteiger partial charge in [-0.1, -0.05) is 31.4 Å². The van der Waals surface area contributed by atoms with Crippen LogP contribution >= 0.6 is 0 Å². The summed E-state index contributed by atoms with van der Waals surface area (Å²) in [6.07, 6.45) is 7.15. The third-order valence-electron chi connectivity index (χ3n) is 5.50. The molecule has 1 aliphatic heterocycles. The molecule has 0 bridgehead atoms. The lowest BCUT2D eigenvalue weighted by Gasteiger charge is -2.34. The van der Waals surface area contributed by atoms with Gasteiger partial charge in [0.25, 0.3) is 0 Å². The predicted molar refractivity (Wildman–Crippen MR) is 97.5 cm³/mol. The van der Waals surface area contributed by atoms with Gasteiger partial charge in [0.1, 0.15) is 5.75 Å². The Morgan fingerprint density at radius 2 is 1.68 bits per heavy atom. The number of nitrogens with zero attached hydrogens (tertiary/aromatic N) is 1. The fraction of sp³-hybridized carbons (Fsp3) is 0.600. The molecule has 1 saturated carbocycles. The van der Waals surface area contributed by atoms with Crippen LogP contribution < -0.4 is 10.1 Å². The van der Waals surface area contributed by atoms with Crippen molar-refractivity contribution in [3.63, 3.8) is 0 Å². The number of para-hydroxylation sites is 2. The molecule has 1 heterocycles. The lowest BCUT2D eigenvalue weighted by atomic mass is 9.87. The Balaban J connectivity index is 1.51. The second-order valence-corrected chi connectivity index (χ2v) is 7.12. The maximum absolute atomic E-state index is 12.6. The van der Waals surface area contributed by atoms with E-state index in [1.165, 1.54) is 19.3 Å². The molecule has 5 heteroatoms. The van der Waals surface area contributed by atoms with E-state index in [9.17, 15) is 9.59 Å². The third kappa shape index (κ3) is 4.33. The molecule has 0 unspecified atom stereocenters. The van der Waals surface area contributed by atoms with Gasteiger partial charge in [-0.25, -0.2) is 0 Å². The molecule has 2 amide bonds. The predicted octanol–water partition coefficient (Wildman–Crippen LogP) is 3.45. The summed E-state index contributed by atoms with van der Waals surface area (Å²) in [5.41, 5.74) is 0.704. The van der Waals surface area contributed by atoms with Gasteiger partial charge in [0.05, 0.1) is 12.8 Å². The zero-order valence-electron chi connectivity index (χ0n) is 15.0. The van der Waals surface area contributed by atoms with Crippen molar-refractivity contribution in [2.45, 2.75) is 44.9 Å². The largest absolute Gasteiger partial charge is 0.495 e. The Bertz CT molecular complexity index is 603. The molecule has 1 saturated heterocycles. The Labute approximate surface area is 149 Å². The second-order valence-electron chi connectivity index (χ2n) is 7.12. The molecule has 0 radical (unpaired) electrons. The summed E-state index contributed by atoms with van der Waals surface area (Å²) in [5, 5.41) is 2.97. The Morgan fingerprint density at radius 3 is 2.36 bits per heavy atom. The van der Waals surface area contributed by atoms with Crippen molar-refractivity contribution < 1.29 is 14.3 Å². The Morgan fingerprint density at radius 1 is 1.00 bits per heavy atom. The van der Waals surface area contributed by atoms with Crippen LogP contribution in [0.3, 0.4) is 0 Å². The first-order valence-corrected chi connectivity index (χ1v) is 9.41. The molecule has 5 nitrogen and oxygen atoms in total. The van der Waals surface area contributed by atoms with E-state index in [0.29, 0.717) is 30.4 Å². The van der Waals surface area contributed by atoms with Gasteiger partial charge >= 0.3 is 0 Å². The Hall–Kier alpha value is -2.04. The van der Waals surface area contributed by atoms with E-state index in [1.807, 2.05) is 29.2 Å². The minimum absolute atomic E-state index is 0.0225. The number of piperidine rings is 1. The normalized spacial score (nSPS) is 19.5. The molecule has 1 aliphatic carbocycles. The number of nitrogens with one attached hydrogen (secondary N) is 1. The van der Waals surface area contributed by atoms with Gasteiger partial charge in [-0.3, -0.25) is 9.59 Å². The van der Waals surface area contributed by atoms with Crippen molar-refractivity contribution in [3.05, 3.63) is 24.3 Å². The molecule has 136 valence electrons. The molecule has 3 rings (SSSR count). The molecular weight excluding hydrogens is 316 g/mol. The molecule has 2 aliphatic rings. The van der Waals surface area contributed by atoms with E-state index in [0.717, 1.165) is 25.7 Å². The van der Waals surface area contributed by atoms with E-state index in [1.54, 1.807) is 7.11 Å². The zero-order valence-corrected chi connectivity index (χ0v) is 15.0. The van der Waals surface area contributed by atoms with Crippen molar-refractivity contribution in [1.29, 1.82) is 0 Å². The lowest BCUT2D eigenvalue weighted by molar-refractivity contribution is -0.139. The maximum Gasteiger partial charge on any atom is 0.227 e. The minimum atomic E-state index is -0.0414. The van der Waals surface area contributed by atoms with Crippen LogP contribution in [0.2, 0.25) is 0 Å². The fourth-order valence-electron chi connectivity index (χ4n) is 3.95. The number of likely N-dealkylation sites (tertiary alicyclic amines) is 1. The summed E-state index contributed by atoms with van der Waals surface area (Å²) in [6.45, 7) is 1.39. The summed E-state index contributed by atoms with van der Waals surface area (Å²) >= 11 is 0. The number of hydrogen-bond acceptors (Lipinski definition) is 3. The smallest absolute Gasteiger partial charge is 0.227 e. The van der Waals surface area contributed by atoms with E-state index in [4.69, 9.17) is 4.74 Å². The maximum atomic E-state index is 12.6. The van der Waals surface area contributed by atoms with Gasteiger partial charge in [0.15, 0.2) is 0 Å². The van der Waals surface area contributed by atoms with E-state index >= 15 is 0 Å². The van der Waals surface area contributed by atoms with Gasteiger partial charge < -0.3 is 15.0 Å². The highest BCUT2D eigenvalue weighted by Gasteiger charge is 2.31. The lowest BCUT2D eigenvalue weighted by Crippen LogP contribution is -2.44. The van der Waals surface area contributed by atoms with Gasteiger partial charge in [-0.2, -0.15) is 0 Å². The average Bonchev–Trinajstić information content (AvgIpc) is 2.68. The average molecular weight is 344 g/mol. The van der Waals surface area contributed by atoms with Crippen molar-refractivity contribution in [2.24, 2.45) is 11.8 Å². The van der Waals surface area contributed by atoms with Crippen LogP contribution in [-0.4, -0.2) is 36.9 Å². The minimum Gasteiger partial charge on any atom is -0.495 e. The fourth-order valence-corrected chi connectivity index (χ4v) is 3.95. The number of amides is 2. The highest BCUT2D eigenvalue weighted by molar-refractivity contribution is 5.94. The van der Waals surface area contributed by atoms with Crippen LogP contribution in [-0.2, 0) is 9.59 Å². The zero-order chi connectivity index (χ0) is 17.6. The molecule has 1 aromatic carbocycles. The molecular formula is C20H28N2O3. The Kier molecular flexibility index (Phi) is 5.95. The first-order chi connectivity index (χ1) is 12.2. The van der Waals surface area contributed by atoms with Crippen molar-refractivity contribution in [2.75, 3.05) is 25.5 Å². The van der Waals surface area contributed by atoms with Crippen LogP contribution in [0, 0.1) is 11.8 Å². The molecule has 1 N–H and O–H groups in total. The summed E-state index contributed by atoms with van der Waals surface area (Å²) in [6, 6.07) is 7.44. The van der Waals surface area contributed by atoms with Crippen LogP contribution in [0.15, 0.2) is 24.3 Å². The standard InChI is InChI=1S/C20H28N2O3/c1-25-18-10-6-5-9-17(18)21-19(23)15-11-13-22(14-12-15)20(24)16-7-3-2-4-8-16/h5-6,9-10,15-16H,2-4,7-8,11-14H2,1H3,(H,21,23). The van der Waals surface area contributed by atoms with Crippen LogP contribution in [0.1, 0.15) is 44.9 Å². The van der Waals surface area contributed by atoms with Crippen LogP contribution in [0.4, 0.5) is 5.69 Å². The molecule has 1 aromatic rings. The summed E-state index contributed by atoms with van der Waals surface area (Å²) in [7, 11) is 1.60. The number of methoxy groups -OCH3 is 1. The number of carbonyl (C=O) groups is 2. The summed E-state index contributed by atoms with van der Waals surface area (Å²) < 4.78 is 5.28. The number of rotatable bonds is 4. The number of carbonyl (C=O) groups excluding carboxylic acids is 2. The quantitative estimate of drug-likeness (QED) is 0.910. The van der Waals surface area contributed by atoms with Crippen molar-refractivity contribution >= 4 is 17.5 Å². The SMILES string of the molecule is COc1ccccc1NC(=O)C1CCN(C(=O)C2CCCCC2)CC1. The number of benzene rings is 1. The second kappa shape index (κ2) is 8.37. The van der Waals surface area contributed by atoms with Gasteiger partial charge in [-0.05, 0) is 37.8 Å². The molecule has 0 spiro atoms. The van der Waals surface area contributed by atoms with Crippen molar-refractivity contribution in [3.8, 4) is 5.75 Å². The molecule has 0 aromatic heterocycles. The van der Waals surface area contributed by atoms with Gasteiger partial charge in [-0.15, -0.1) is 0 Å². The summed E-state index contributed by atoms with van der Waals surface area (Å²) in [4.78, 5) is 27.1. The molecule has 25 heavy (non-hydrogen) atoms. The van der Waals surface area contributed by atoms with E-state index in [-0.39, 0.29) is 17.7 Å². The van der Waals surface area contributed by atoms with Gasteiger partial charge in [0, 0.05) is 24.9 Å².